The molecule has 3 N–H and O–H groups in total. The zero-order valence-corrected chi connectivity index (χ0v) is 36.9. The molecule has 12 nitrogen and oxygen atoms in total. The fourth-order valence-electron chi connectivity index (χ4n) is 12.3. The Morgan fingerprint density at radius 3 is 1.97 bits per heavy atom. The molecule has 62 heavy (non-hydrogen) atoms. The normalized spacial score (nSPS) is 23.9. The molecule has 2 aliphatic heterocycles. The number of aromatic amines is 2. The van der Waals surface area contributed by atoms with E-state index >= 15 is 0 Å². The molecule has 4 fully saturated rings. The minimum Gasteiger partial charge on any atom is -0.453 e. The van der Waals surface area contributed by atoms with Gasteiger partial charge in [-0.25, -0.2) is 14.8 Å². The van der Waals surface area contributed by atoms with Crippen LogP contribution >= 0.6 is 0 Å². The number of likely N-dealkylation sites (tertiary alicyclic amines) is 2. The number of carbonyl (C=O) groups excluding carboxylic acids is 4. The van der Waals surface area contributed by atoms with Crippen molar-refractivity contribution >= 4 is 23.7 Å². The van der Waals surface area contributed by atoms with Crippen LogP contribution in [-0.2, 0) is 38.4 Å². The fourth-order valence-corrected chi connectivity index (χ4v) is 12.3. The smallest absolute Gasteiger partial charge is 0.407 e. The highest BCUT2D eigenvalue weighted by Crippen LogP contribution is 2.57. The van der Waals surface area contributed by atoms with Crippen LogP contribution in [0.25, 0.3) is 33.6 Å². The lowest BCUT2D eigenvalue weighted by atomic mass is 9.71. The molecule has 4 aliphatic carbocycles. The molecule has 2 aromatic heterocycles. The van der Waals surface area contributed by atoms with Crippen molar-refractivity contribution < 1.29 is 23.9 Å². The molecule has 6 aliphatic rings. The zero-order valence-electron chi connectivity index (χ0n) is 36.9. The third-order valence-corrected chi connectivity index (χ3v) is 15.4. The molecule has 5 atom stereocenters. The van der Waals surface area contributed by atoms with Gasteiger partial charge >= 0.3 is 6.09 Å². The summed E-state index contributed by atoms with van der Waals surface area (Å²) in [4.78, 5) is 73.5. The number of hydrogen-bond acceptors (Lipinski definition) is 7. The Morgan fingerprint density at radius 2 is 1.35 bits per heavy atom. The Labute approximate surface area is 364 Å². The van der Waals surface area contributed by atoms with Crippen LogP contribution in [0.5, 0.6) is 0 Å². The topological polar surface area (TPSA) is 153 Å². The number of ether oxygens (including phenoxy) is 1. The number of benzene rings is 2. The van der Waals surface area contributed by atoms with Crippen molar-refractivity contribution in [1.29, 1.82) is 0 Å². The Bertz CT molecular complexity index is 2440. The first-order chi connectivity index (χ1) is 29.9. The molecule has 2 saturated heterocycles. The lowest BCUT2D eigenvalue weighted by Gasteiger charge is -2.30. The van der Waals surface area contributed by atoms with Crippen LogP contribution in [0.3, 0.4) is 0 Å². The molecule has 4 aromatic rings. The maximum absolute atomic E-state index is 13.9. The standard InChI is InChI=1S/C50H61N7O5/c1-27(2)20-43(59)56-18-8-10-40(56)46-51-26-39(54-46)31-13-12-29(36-23-50(24-37(31)36)16-6-7-17-50)32-15-14-30(34-21-33-35(44(32)34)22-42(33)58)38-25-52-47(53-38)41-11-9-19-57(41)48(60)45(28(3)4)55-49(61)62-5/h12-15,25-28,33,35,40-41,45H,6-11,16-24H2,1-5H3,(H,51,54)(H,52,53)(H,55,61). The van der Waals surface area contributed by atoms with E-state index in [1.807, 2.05) is 36.0 Å². The summed E-state index contributed by atoms with van der Waals surface area (Å²) in [5.74, 6) is 2.47. The van der Waals surface area contributed by atoms with Gasteiger partial charge in [-0.3, -0.25) is 14.4 Å². The Balaban J connectivity index is 0.992. The van der Waals surface area contributed by atoms with Crippen LogP contribution in [0.1, 0.15) is 144 Å². The van der Waals surface area contributed by atoms with Crippen molar-refractivity contribution in [2.24, 2.45) is 23.2 Å². The first-order valence-electron chi connectivity index (χ1n) is 23.3. The monoisotopic (exact) mass is 839 g/mol. The van der Waals surface area contributed by atoms with Crippen LogP contribution < -0.4 is 5.32 Å². The molecular formula is C50H61N7O5. The van der Waals surface area contributed by atoms with Crippen molar-refractivity contribution in [1.82, 2.24) is 35.1 Å². The molecule has 3 amide bonds. The third-order valence-electron chi connectivity index (χ3n) is 15.4. The highest BCUT2D eigenvalue weighted by atomic mass is 16.5. The number of rotatable bonds is 10. The van der Waals surface area contributed by atoms with Crippen LogP contribution in [0.15, 0.2) is 36.7 Å². The predicted octanol–water partition coefficient (Wildman–Crippen LogP) is 8.78. The lowest BCUT2D eigenvalue weighted by Crippen LogP contribution is -2.51. The molecule has 1 spiro atoms. The highest BCUT2D eigenvalue weighted by molar-refractivity contribution is 5.95. The molecule has 2 saturated carbocycles. The first-order valence-corrected chi connectivity index (χ1v) is 23.3. The van der Waals surface area contributed by atoms with Gasteiger partial charge in [-0.15, -0.1) is 0 Å². The van der Waals surface area contributed by atoms with E-state index < -0.39 is 12.1 Å². The average molecular weight is 840 g/mol. The number of nitrogens with zero attached hydrogens (tertiary/aromatic N) is 4. The first kappa shape index (κ1) is 40.8. The zero-order chi connectivity index (χ0) is 43.0. The number of alkyl carbamates (subject to hydrolysis) is 1. The largest absolute Gasteiger partial charge is 0.453 e. The minimum atomic E-state index is -0.702. The number of fused-ring (bicyclic) bond motifs is 4. The number of H-pyrrole nitrogens is 2. The number of ketones is 1. The number of aromatic nitrogens is 4. The van der Waals surface area contributed by atoms with E-state index in [1.165, 1.54) is 71.7 Å². The summed E-state index contributed by atoms with van der Waals surface area (Å²) >= 11 is 0. The van der Waals surface area contributed by atoms with Crippen LogP contribution in [0.2, 0.25) is 0 Å². The summed E-state index contributed by atoms with van der Waals surface area (Å²) in [6.07, 6.45) is 15.8. The average Bonchev–Trinajstić information content (AvgIpc) is 4.10. The fraction of sp³-hybridized carbons (Fsp3) is 0.560. The van der Waals surface area contributed by atoms with Gasteiger partial charge in [0, 0.05) is 48.9 Å². The summed E-state index contributed by atoms with van der Waals surface area (Å²) in [5, 5.41) is 2.75. The number of hydrogen-bond donors (Lipinski definition) is 3. The van der Waals surface area contributed by atoms with E-state index in [-0.39, 0.29) is 47.1 Å². The maximum Gasteiger partial charge on any atom is 0.407 e. The summed E-state index contributed by atoms with van der Waals surface area (Å²) < 4.78 is 4.83. The summed E-state index contributed by atoms with van der Waals surface area (Å²) in [7, 11) is 1.31. The molecule has 12 heteroatoms. The van der Waals surface area contributed by atoms with Crippen LogP contribution in [0.4, 0.5) is 4.79 Å². The van der Waals surface area contributed by atoms with Gasteiger partial charge in [-0.2, -0.15) is 0 Å². The van der Waals surface area contributed by atoms with Gasteiger partial charge in [-0.1, -0.05) is 64.8 Å². The summed E-state index contributed by atoms with van der Waals surface area (Å²) in [6, 6.07) is 8.20. The van der Waals surface area contributed by atoms with Crippen molar-refractivity contribution in [3.05, 3.63) is 70.6 Å². The van der Waals surface area contributed by atoms with Crippen molar-refractivity contribution in [2.45, 2.75) is 135 Å². The number of carbonyl (C=O) groups is 4. The van der Waals surface area contributed by atoms with Crippen molar-refractivity contribution in [2.75, 3.05) is 20.2 Å². The van der Waals surface area contributed by atoms with E-state index in [2.05, 4.69) is 53.4 Å². The Hall–Kier alpha value is -5.26. The van der Waals surface area contributed by atoms with Crippen LogP contribution in [0, 0.1) is 23.2 Å². The van der Waals surface area contributed by atoms with Crippen molar-refractivity contribution in [3.63, 3.8) is 0 Å². The van der Waals surface area contributed by atoms with E-state index in [1.54, 1.807) is 0 Å². The van der Waals surface area contributed by atoms with Gasteiger partial charge in [0.2, 0.25) is 11.8 Å². The number of Topliss-reactive ketones (excluding diaryl/α,β-unsaturated/α-hetero) is 1. The molecule has 0 radical (unpaired) electrons. The minimum absolute atomic E-state index is 0.00463. The quantitative estimate of drug-likeness (QED) is 0.144. The number of methoxy groups -OCH3 is 1. The number of amides is 3. The lowest BCUT2D eigenvalue weighted by molar-refractivity contribution is -0.135. The van der Waals surface area contributed by atoms with Crippen molar-refractivity contribution in [3.8, 4) is 33.6 Å². The molecule has 326 valence electrons. The Morgan fingerprint density at radius 1 is 0.774 bits per heavy atom. The maximum atomic E-state index is 13.9. The number of imidazole rings is 2. The van der Waals surface area contributed by atoms with Gasteiger partial charge in [0.25, 0.3) is 0 Å². The molecular weight excluding hydrogens is 779 g/mol. The van der Waals surface area contributed by atoms with Gasteiger partial charge in [0.05, 0.1) is 43.0 Å². The van der Waals surface area contributed by atoms with E-state index in [4.69, 9.17) is 14.7 Å². The SMILES string of the molecule is COC(=O)NC(C(=O)N1CCCC1c1ncc(-c2ccc(-c3ccc(-c4cnc(C5CCCN5C(=O)CC(C)C)[nH]4)c4c3CC3(CCCC3)C4)c3c2CC2C(=O)CC32)[nH]1)C(C)C. The second-order valence-corrected chi connectivity index (χ2v) is 20.1. The van der Waals surface area contributed by atoms with E-state index in [0.29, 0.717) is 31.1 Å². The van der Waals surface area contributed by atoms with E-state index in [0.717, 1.165) is 80.1 Å². The second kappa shape index (κ2) is 15.8. The molecule has 0 bridgehead atoms. The molecule has 4 heterocycles. The van der Waals surface area contributed by atoms with E-state index in [9.17, 15) is 19.2 Å². The van der Waals surface area contributed by atoms with Gasteiger partial charge in [0.1, 0.15) is 23.5 Å². The third kappa shape index (κ3) is 6.87. The summed E-state index contributed by atoms with van der Waals surface area (Å²) in [6.45, 7) is 9.42. The molecule has 5 unspecified atom stereocenters. The van der Waals surface area contributed by atoms with Gasteiger partial charge in [-0.05, 0) is 108 Å². The molecule has 10 rings (SSSR count). The highest BCUT2D eigenvalue weighted by Gasteiger charge is 2.49. The second-order valence-electron chi connectivity index (χ2n) is 20.1. The number of nitrogens with one attached hydrogen (secondary N) is 3. The Kier molecular flexibility index (Phi) is 10.4. The predicted molar refractivity (Wildman–Crippen MR) is 236 cm³/mol. The van der Waals surface area contributed by atoms with Crippen LogP contribution in [-0.4, -0.2) is 79.7 Å². The van der Waals surface area contributed by atoms with Gasteiger partial charge in [0.15, 0.2) is 0 Å². The van der Waals surface area contributed by atoms with Gasteiger partial charge < -0.3 is 29.8 Å². The summed E-state index contributed by atoms with van der Waals surface area (Å²) in [5.41, 5.74) is 12.5. The molecule has 2 aromatic carbocycles.